The van der Waals surface area contributed by atoms with Crippen molar-refractivity contribution in [3.8, 4) is 0 Å². The maximum absolute atomic E-state index is 14.4. The number of carbonyl (C=O) groups excluding carboxylic acids is 4. The van der Waals surface area contributed by atoms with Gasteiger partial charge in [-0.3, -0.25) is 24.1 Å². The number of piperazine rings is 1. The van der Waals surface area contributed by atoms with E-state index in [2.05, 4.69) is 20.9 Å². The summed E-state index contributed by atoms with van der Waals surface area (Å²) in [7, 11) is 4.78. The quantitative estimate of drug-likeness (QED) is 0.145. The lowest BCUT2D eigenvalue weighted by Gasteiger charge is -2.41. The Morgan fingerprint density at radius 2 is 1.55 bits per heavy atom. The SMILES string of the molecule is CC[C@H](C)[C@@H](C(CC(=O)N1CCC[C@H]1[C@H](OC)[C@@H](C)C(=O)N[C@@H](Cc1ccccc1)C(=O)O)OC)N(C)C(=O)[C@@H](NC(=O)[C@H](C(C)C)N1CCNCC1)C(C)C. The zero-order valence-electron chi connectivity index (χ0n) is 35.5. The van der Waals surface area contributed by atoms with E-state index in [4.69, 9.17) is 9.47 Å². The maximum atomic E-state index is 14.4. The van der Waals surface area contributed by atoms with Gasteiger partial charge in [-0.15, -0.1) is 0 Å². The number of benzene rings is 1. The van der Waals surface area contributed by atoms with Crippen molar-refractivity contribution in [2.24, 2.45) is 23.7 Å². The van der Waals surface area contributed by atoms with Crippen molar-refractivity contribution in [1.29, 1.82) is 0 Å². The van der Waals surface area contributed by atoms with Gasteiger partial charge in [-0.25, -0.2) is 4.79 Å². The fourth-order valence-electron chi connectivity index (χ4n) is 8.48. The summed E-state index contributed by atoms with van der Waals surface area (Å²) in [6, 6.07) is 5.95. The van der Waals surface area contributed by atoms with E-state index in [0.717, 1.165) is 38.2 Å². The minimum Gasteiger partial charge on any atom is -0.480 e. The van der Waals surface area contributed by atoms with Gasteiger partial charge in [0, 0.05) is 60.4 Å². The predicted molar refractivity (Wildman–Crippen MR) is 216 cm³/mol. The third-order valence-corrected chi connectivity index (χ3v) is 11.8. The Morgan fingerprint density at radius 1 is 0.911 bits per heavy atom. The van der Waals surface area contributed by atoms with Crippen molar-refractivity contribution in [2.45, 2.75) is 123 Å². The average molecular weight is 787 g/mol. The van der Waals surface area contributed by atoms with Crippen molar-refractivity contribution in [2.75, 3.05) is 54.0 Å². The van der Waals surface area contributed by atoms with Crippen molar-refractivity contribution in [3.05, 3.63) is 35.9 Å². The van der Waals surface area contributed by atoms with Gasteiger partial charge >= 0.3 is 5.97 Å². The molecule has 3 rings (SSSR count). The van der Waals surface area contributed by atoms with Crippen LogP contribution in [-0.2, 0) is 39.9 Å². The largest absolute Gasteiger partial charge is 0.480 e. The zero-order valence-corrected chi connectivity index (χ0v) is 35.5. The van der Waals surface area contributed by atoms with Gasteiger partial charge in [0.05, 0.1) is 42.7 Å². The first-order valence-electron chi connectivity index (χ1n) is 20.5. The molecule has 316 valence electrons. The summed E-state index contributed by atoms with van der Waals surface area (Å²) in [5.74, 6) is -3.12. The Bertz CT molecular complexity index is 1420. The van der Waals surface area contributed by atoms with E-state index in [1.54, 1.807) is 30.9 Å². The summed E-state index contributed by atoms with van der Waals surface area (Å²) in [5.41, 5.74) is 0.787. The molecule has 2 heterocycles. The van der Waals surface area contributed by atoms with Gasteiger partial charge in [0.1, 0.15) is 12.1 Å². The molecule has 4 N–H and O–H groups in total. The highest BCUT2D eigenvalue weighted by Gasteiger charge is 2.43. The van der Waals surface area contributed by atoms with Crippen LogP contribution in [0.1, 0.15) is 79.7 Å². The summed E-state index contributed by atoms with van der Waals surface area (Å²) in [5, 5.41) is 19.0. The molecular formula is C42H70N6O8. The fourth-order valence-corrected chi connectivity index (χ4v) is 8.48. The molecule has 14 nitrogen and oxygen atoms in total. The van der Waals surface area contributed by atoms with Crippen LogP contribution in [-0.4, -0.2) is 146 Å². The molecule has 2 fully saturated rings. The van der Waals surface area contributed by atoms with Crippen LogP contribution in [0.3, 0.4) is 0 Å². The van der Waals surface area contributed by atoms with Gasteiger partial charge in [-0.2, -0.15) is 0 Å². The third kappa shape index (κ3) is 12.2. The second-order valence-corrected chi connectivity index (χ2v) is 16.4. The third-order valence-electron chi connectivity index (χ3n) is 11.8. The molecule has 0 aromatic heterocycles. The number of likely N-dealkylation sites (N-methyl/N-ethyl adjacent to an activating group) is 1. The number of nitrogens with one attached hydrogen (secondary N) is 3. The molecule has 56 heavy (non-hydrogen) atoms. The number of rotatable bonds is 21. The fraction of sp³-hybridized carbons (Fsp3) is 0.738. The van der Waals surface area contributed by atoms with Gasteiger partial charge in [0.25, 0.3) is 0 Å². The molecule has 1 unspecified atom stereocenters. The van der Waals surface area contributed by atoms with Gasteiger partial charge in [-0.1, -0.05) is 85.2 Å². The van der Waals surface area contributed by atoms with Crippen molar-refractivity contribution < 1.29 is 38.6 Å². The first kappa shape index (κ1) is 46.8. The Hall–Kier alpha value is -3.59. The number of carboxylic acid groups (broad SMARTS) is 1. The molecule has 2 saturated heterocycles. The maximum Gasteiger partial charge on any atom is 0.326 e. The molecular weight excluding hydrogens is 716 g/mol. The molecule has 0 bridgehead atoms. The Morgan fingerprint density at radius 3 is 2.09 bits per heavy atom. The number of carboxylic acids is 1. The van der Waals surface area contributed by atoms with E-state index < -0.39 is 54.2 Å². The number of methoxy groups -OCH3 is 2. The smallest absolute Gasteiger partial charge is 0.326 e. The van der Waals surface area contributed by atoms with Gasteiger partial charge in [0.2, 0.25) is 23.6 Å². The monoisotopic (exact) mass is 787 g/mol. The number of ether oxygens (including phenoxy) is 2. The van der Waals surface area contributed by atoms with Crippen molar-refractivity contribution in [3.63, 3.8) is 0 Å². The normalized spacial score (nSPS) is 20.7. The van der Waals surface area contributed by atoms with Crippen LogP contribution in [0.2, 0.25) is 0 Å². The van der Waals surface area contributed by atoms with Crippen LogP contribution in [0.5, 0.6) is 0 Å². The van der Waals surface area contributed by atoms with Crippen LogP contribution in [0.4, 0.5) is 0 Å². The van der Waals surface area contributed by atoms with E-state index in [1.165, 1.54) is 7.11 Å². The molecule has 4 amide bonds. The van der Waals surface area contributed by atoms with Gasteiger partial charge < -0.3 is 40.3 Å². The molecule has 0 aliphatic carbocycles. The summed E-state index contributed by atoms with van der Waals surface area (Å²) < 4.78 is 11.9. The standard InChI is InChI=1S/C42H70N6O8/c1-11-28(6)37(46(8)41(52)35(26(2)3)45-40(51)36(27(4)5)47-22-19-43-20-23-47)33(55-9)25-34(49)48-21-15-18-32(48)38(56-10)29(7)39(50)44-31(42(53)54)24-30-16-13-12-14-17-30/h12-14,16-17,26-29,31-33,35-38,43H,11,15,18-25H2,1-10H3,(H,44,50)(H,45,51)(H,53,54)/t28-,29+,31-,32-,33?,35-,36-,37-,38+/m0/s1. The van der Waals surface area contributed by atoms with E-state index in [1.807, 2.05) is 71.9 Å². The number of carbonyl (C=O) groups is 5. The summed E-state index contributed by atoms with van der Waals surface area (Å²) >= 11 is 0. The lowest BCUT2D eigenvalue weighted by Crippen LogP contribution is -2.61. The summed E-state index contributed by atoms with van der Waals surface area (Å²) in [4.78, 5) is 73.7. The lowest BCUT2D eigenvalue weighted by molar-refractivity contribution is -0.148. The van der Waals surface area contributed by atoms with Gasteiger partial charge in [0.15, 0.2) is 0 Å². The average Bonchev–Trinajstić information content (AvgIpc) is 3.66. The lowest BCUT2D eigenvalue weighted by atomic mass is 9.89. The number of nitrogens with zero attached hydrogens (tertiary/aromatic N) is 3. The molecule has 0 radical (unpaired) electrons. The molecule has 2 aliphatic rings. The van der Waals surface area contributed by atoms with Crippen LogP contribution in [0.25, 0.3) is 0 Å². The highest BCUT2D eigenvalue weighted by molar-refractivity contribution is 5.90. The molecule has 1 aromatic rings. The molecule has 9 atom stereocenters. The van der Waals surface area contributed by atoms with E-state index >= 15 is 0 Å². The first-order valence-corrected chi connectivity index (χ1v) is 20.5. The van der Waals surface area contributed by atoms with Crippen LogP contribution >= 0.6 is 0 Å². The van der Waals surface area contributed by atoms with E-state index in [9.17, 15) is 29.1 Å². The minimum atomic E-state index is -1.14. The Labute approximate surface area is 334 Å². The van der Waals surface area contributed by atoms with E-state index in [0.29, 0.717) is 19.4 Å². The number of likely N-dealkylation sites (tertiary alicyclic amines) is 1. The number of aliphatic carboxylic acids is 1. The van der Waals surface area contributed by atoms with Gasteiger partial charge in [-0.05, 0) is 36.2 Å². The van der Waals surface area contributed by atoms with Crippen LogP contribution in [0.15, 0.2) is 30.3 Å². The Balaban J connectivity index is 1.77. The van der Waals surface area contributed by atoms with Crippen LogP contribution < -0.4 is 16.0 Å². The molecule has 0 saturated carbocycles. The Kier molecular flexibility index (Phi) is 18.7. The zero-order chi connectivity index (χ0) is 41.7. The molecule has 1 aromatic carbocycles. The molecule has 2 aliphatic heterocycles. The molecule has 0 spiro atoms. The molecule has 14 heteroatoms. The topological polar surface area (TPSA) is 170 Å². The van der Waals surface area contributed by atoms with Crippen molar-refractivity contribution >= 4 is 29.6 Å². The first-order chi connectivity index (χ1) is 26.6. The second kappa shape index (κ2) is 22.4. The number of hydrogen-bond donors (Lipinski definition) is 4. The minimum absolute atomic E-state index is 0.00801. The highest BCUT2D eigenvalue weighted by atomic mass is 16.5. The van der Waals surface area contributed by atoms with E-state index in [-0.39, 0.29) is 54.4 Å². The summed E-state index contributed by atoms with van der Waals surface area (Å²) in [6.45, 7) is 17.3. The number of hydrogen-bond acceptors (Lipinski definition) is 9. The van der Waals surface area contributed by atoms with Crippen molar-refractivity contribution in [1.82, 2.24) is 30.7 Å². The second-order valence-electron chi connectivity index (χ2n) is 16.4. The van der Waals surface area contributed by atoms with Crippen LogP contribution in [0, 0.1) is 23.7 Å². The summed E-state index contributed by atoms with van der Waals surface area (Å²) in [6.07, 6.45) is 0.825. The highest BCUT2D eigenvalue weighted by Crippen LogP contribution is 2.30. The predicted octanol–water partition coefficient (Wildman–Crippen LogP) is 2.79. The number of amides is 4.